The van der Waals surface area contributed by atoms with Gasteiger partial charge in [0.25, 0.3) is 0 Å². The molecule has 1 atom stereocenters. The highest BCUT2D eigenvalue weighted by Crippen LogP contribution is 2.37. The molecule has 2 aromatic heterocycles. The predicted octanol–water partition coefficient (Wildman–Crippen LogP) is 3.59. The van der Waals surface area contributed by atoms with Gasteiger partial charge in [0.05, 0.1) is 6.04 Å². The molecule has 5 nitrogen and oxygen atoms in total. The first-order chi connectivity index (χ1) is 13.3. The monoisotopic (exact) mass is 357 g/mol. The summed E-state index contributed by atoms with van der Waals surface area (Å²) in [4.78, 5) is 14.1. The number of rotatable bonds is 4. The molecule has 136 valence electrons. The lowest BCUT2D eigenvalue weighted by atomic mass is 10.0. The second-order valence-corrected chi connectivity index (χ2v) is 7.36. The van der Waals surface area contributed by atoms with Crippen LogP contribution in [-0.4, -0.2) is 15.0 Å². The van der Waals surface area contributed by atoms with Crippen molar-refractivity contribution < 1.29 is 0 Å². The third-order valence-electron chi connectivity index (χ3n) is 5.66. The van der Waals surface area contributed by atoms with Crippen molar-refractivity contribution in [2.24, 2.45) is 5.73 Å². The summed E-state index contributed by atoms with van der Waals surface area (Å²) in [5.74, 6) is 1.70. The number of aromatic nitrogens is 3. The Hall–Kier alpha value is -2.79. The second-order valence-electron chi connectivity index (χ2n) is 7.36. The van der Waals surface area contributed by atoms with Crippen LogP contribution in [0.25, 0.3) is 11.5 Å². The maximum absolute atomic E-state index is 5.80. The van der Waals surface area contributed by atoms with Crippen LogP contribution in [0.3, 0.4) is 0 Å². The molecule has 2 aliphatic rings. The van der Waals surface area contributed by atoms with E-state index in [-0.39, 0.29) is 0 Å². The maximum atomic E-state index is 5.80. The number of benzene rings is 1. The maximum Gasteiger partial charge on any atom is 0.180 e. The number of anilines is 1. The Morgan fingerprint density at radius 2 is 2.04 bits per heavy atom. The normalized spacial score (nSPS) is 17.6. The van der Waals surface area contributed by atoms with Crippen LogP contribution in [0.4, 0.5) is 5.82 Å². The summed E-state index contributed by atoms with van der Waals surface area (Å²) in [6.07, 6.45) is 7.17. The van der Waals surface area contributed by atoms with Gasteiger partial charge in [0.1, 0.15) is 11.5 Å². The molecule has 2 heterocycles. The van der Waals surface area contributed by atoms with E-state index in [2.05, 4.69) is 28.5 Å². The molecule has 0 saturated carbocycles. The highest BCUT2D eigenvalue weighted by Gasteiger charge is 2.26. The first kappa shape index (κ1) is 16.4. The Labute approximate surface area is 159 Å². The minimum Gasteiger partial charge on any atom is -0.363 e. The van der Waals surface area contributed by atoms with Crippen LogP contribution < -0.4 is 11.1 Å². The van der Waals surface area contributed by atoms with E-state index in [4.69, 9.17) is 15.7 Å². The zero-order chi connectivity index (χ0) is 18.2. The molecule has 0 bridgehead atoms. The molecule has 5 heteroatoms. The Balaban J connectivity index is 1.51. The summed E-state index contributed by atoms with van der Waals surface area (Å²) in [5.41, 5.74) is 13.1. The number of nitrogens with one attached hydrogen (secondary N) is 1. The smallest absolute Gasteiger partial charge is 0.180 e. The van der Waals surface area contributed by atoms with Crippen molar-refractivity contribution in [2.45, 2.75) is 44.7 Å². The molecule has 0 fully saturated rings. The number of aryl methyl sites for hydroxylation is 2. The molecule has 0 spiro atoms. The molecule has 27 heavy (non-hydrogen) atoms. The number of nitrogens with zero attached hydrogens (tertiary/aromatic N) is 3. The van der Waals surface area contributed by atoms with Gasteiger partial charge < -0.3 is 11.1 Å². The molecular weight excluding hydrogens is 334 g/mol. The van der Waals surface area contributed by atoms with Crippen molar-refractivity contribution in [3.63, 3.8) is 0 Å². The minimum absolute atomic E-state index is 0.294. The van der Waals surface area contributed by atoms with E-state index >= 15 is 0 Å². The van der Waals surface area contributed by atoms with E-state index < -0.39 is 0 Å². The molecule has 3 aromatic rings. The Morgan fingerprint density at radius 1 is 1.07 bits per heavy atom. The van der Waals surface area contributed by atoms with E-state index in [0.29, 0.717) is 12.6 Å². The highest BCUT2D eigenvalue weighted by atomic mass is 15.1. The number of fused-ring (bicyclic) bond motifs is 2. The molecule has 1 unspecified atom stereocenters. The van der Waals surface area contributed by atoms with Crippen LogP contribution in [0.5, 0.6) is 0 Å². The van der Waals surface area contributed by atoms with Crippen LogP contribution >= 0.6 is 0 Å². The van der Waals surface area contributed by atoms with Crippen molar-refractivity contribution in [1.82, 2.24) is 15.0 Å². The summed E-state index contributed by atoms with van der Waals surface area (Å²) < 4.78 is 0. The Morgan fingerprint density at radius 3 is 2.89 bits per heavy atom. The van der Waals surface area contributed by atoms with Crippen LogP contribution in [-0.2, 0) is 25.8 Å². The summed E-state index contributed by atoms with van der Waals surface area (Å²) in [6, 6.07) is 12.8. The van der Waals surface area contributed by atoms with Gasteiger partial charge in [0.15, 0.2) is 5.82 Å². The molecule has 1 aromatic carbocycles. The molecular formula is C22H23N5. The van der Waals surface area contributed by atoms with Crippen molar-refractivity contribution in [3.05, 3.63) is 70.5 Å². The average molecular weight is 357 g/mol. The first-order valence-corrected chi connectivity index (χ1v) is 9.71. The minimum atomic E-state index is 0.294. The summed E-state index contributed by atoms with van der Waals surface area (Å²) in [7, 11) is 0. The van der Waals surface area contributed by atoms with Crippen molar-refractivity contribution in [1.29, 1.82) is 0 Å². The Bertz CT molecular complexity index is 983. The molecule has 0 radical (unpaired) electrons. The molecule has 2 aliphatic carbocycles. The zero-order valence-electron chi connectivity index (χ0n) is 15.3. The van der Waals surface area contributed by atoms with Gasteiger partial charge in [-0.1, -0.05) is 24.3 Å². The van der Waals surface area contributed by atoms with Gasteiger partial charge in [-0.05, 0) is 60.9 Å². The standard InChI is InChI=1S/C22H23N5/c23-13-14-7-9-16-15(12-14)8-10-19(16)25-21-17-4-3-6-18(17)26-22(27-21)20-5-1-2-11-24-20/h1-2,5,7,9,11-12,19H,3-4,6,8,10,13,23H2,(H,25,26,27). The Kier molecular flexibility index (Phi) is 4.09. The lowest BCUT2D eigenvalue weighted by molar-refractivity contribution is 0.754. The van der Waals surface area contributed by atoms with E-state index in [9.17, 15) is 0 Å². The second kappa shape index (κ2) is 6.74. The SMILES string of the molecule is NCc1ccc2c(c1)CCC2Nc1nc(-c2ccccn2)nc2c1CCC2. The van der Waals surface area contributed by atoms with Crippen LogP contribution in [0, 0.1) is 0 Å². The molecule has 0 aliphatic heterocycles. The molecule has 3 N–H and O–H groups in total. The highest BCUT2D eigenvalue weighted by molar-refractivity contribution is 5.59. The van der Waals surface area contributed by atoms with E-state index in [1.54, 1.807) is 6.20 Å². The van der Waals surface area contributed by atoms with Gasteiger partial charge in [0, 0.05) is 24.0 Å². The molecule has 5 rings (SSSR count). The van der Waals surface area contributed by atoms with Crippen molar-refractivity contribution in [3.8, 4) is 11.5 Å². The van der Waals surface area contributed by atoms with Crippen LogP contribution in [0.1, 0.15) is 46.8 Å². The van der Waals surface area contributed by atoms with E-state index in [1.165, 1.54) is 27.9 Å². The van der Waals surface area contributed by atoms with Gasteiger partial charge in [-0.3, -0.25) is 4.98 Å². The lowest BCUT2D eigenvalue weighted by Gasteiger charge is -2.18. The fourth-order valence-electron chi connectivity index (χ4n) is 4.27. The zero-order valence-corrected chi connectivity index (χ0v) is 15.3. The number of hydrogen-bond acceptors (Lipinski definition) is 5. The quantitative estimate of drug-likeness (QED) is 0.746. The summed E-state index contributed by atoms with van der Waals surface area (Å²) in [5, 5.41) is 3.73. The summed E-state index contributed by atoms with van der Waals surface area (Å²) >= 11 is 0. The summed E-state index contributed by atoms with van der Waals surface area (Å²) in [6.45, 7) is 0.595. The van der Waals surface area contributed by atoms with Crippen LogP contribution in [0.15, 0.2) is 42.6 Å². The predicted molar refractivity (Wildman–Crippen MR) is 106 cm³/mol. The van der Waals surface area contributed by atoms with Crippen LogP contribution in [0.2, 0.25) is 0 Å². The number of nitrogens with two attached hydrogens (primary N) is 1. The third kappa shape index (κ3) is 2.98. The topological polar surface area (TPSA) is 76.7 Å². The molecule has 0 amide bonds. The van der Waals surface area contributed by atoms with Gasteiger partial charge >= 0.3 is 0 Å². The fraction of sp³-hybridized carbons (Fsp3) is 0.318. The molecule has 0 saturated heterocycles. The van der Waals surface area contributed by atoms with Gasteiger partial charge in [0.2, 0.25) is 0 Å². The lowest BCUT2D eigenvalue weighted by Crippen LogP contribution is -2.12. The van der Waals surface area contributed by atoms with Gasteiger partial charge in [-0.15, -0.1) is 0 Å². The third-order valence-corrected chi connectivity index (χ3v) is 5.66. The first-order valence-electron chi connectivity index (χ1n) is 9.71. The largest absolute Gasteiger partial charge is 0.363 e. The van der Waals surface area contributed by atoms with Gasteiger partial charge in [-0.2, -0.15) is 0 Å². The van der Waals surface area contributed by atoms with Gasteiger partial charge in [-0.25, -0.2) is 9.97 Å². The average Bonchev–Trinajstić information content (AvgIpc) is 3.35. The van der Waals surface area contributed by atoms with E-state index in [0.717, 1.165) is 49.4 Å². The number of pyridine rings is 1. The van der Waals surface area contributed by atoms with Crippen molar-refractivity contribution in [2.75, 3.05) is 5.32 Å². The number of hydrogen-bond donors (Lipinski definition) is 2. The van der Waals surface area contributed by atoms with E-state index in [1.807, 2.05) is 18.2 Å². The van der Waals surface area contributed by atoms with Crippen molar-refractivity contribution >= 4 is 5.82 Å². The fourth-order valence-corrected chi connectivity index (χ4v) is 4.27.